The van der Waals surface area contributed by atoms with Gasteiger partial charge >= 0.3 is 0 Å². The number of hydrogen-bond acceptors (Lipinski definition) is 6. The summed E-state index contributed by atoms with van der Waals surface area (Å²) in [4.78, 5) is 20.8. The molecule has 0 fully saturated rings. The van der Waals surface area contributed by atoms with Crippen molar-refractivity contribution in [2.24, 2.45) is 0 Å². The van der Waals surface area contributed by atoms with E-state index in [-0.39, 0.29) is 0 Å². The van der Waals surface area contributed by atoms with Gasteiger partial charge in [0.15, 0.2) is 17.5 Å². The molecule has 12 aromatic rings. The van der Waals surface area contributed by atoms with E-state index in [0.29, 0.717) is 17.5 Å². The van der Waals surface area contributed by atoms with Crippen molar-refractivity contribution in [1.82, 2.24) is 24.5 Å². The molecule has 0 atom stereocenters. The molecule has 0 N–H and O–H groups in total. The topological polar surface area (TPSA) is 69.6 Å². The number of para-hydroxylation sites is 2. The molecule has 12 rings (SSSR count). The second kappa shape index (κ2) is 13.4. The van der Waals surface area contributed by atoms with Gasteiger partial charge in [-0.1, -0.05) is 140 Å². The third kappa shape index (κ3) is 5.47. The molecular weight excluding hydrogens is 743 g/mol. The third-order valence-electron chi connectivity index (χ3n) is 11.1. The van der Waals surface area contributed by atoms with E-state index in [9.17, 15) is 0 Å². The highest BCUT2D eigenvalue weighted by atomic mass is 32.1. The Morgan fingerprint density at radius 3 is 1.83 bits per heavy atom. The van der Waals surface area contributed by atoms with Crippen molar-refractivity contribution in [3.63, 3.8) is 0 Å². The van der Waals surface area contributed by atoms with Crippen LogP contribution in [0.5, 0.6) is 0 Å². The van der Waals surface area contributed by atoms with E-state index in [1.807, 2.05) is 54.6 Å². The SMILES string of the molecule is c1ccc(-c2nc(-c3cccc4oc5ccc(-c6cccc7nc(-c8ccccc8)sc67)cc5c34)nc(-c3cccc4c3c3ccccc3n4-c3ccccc3)n2)cc1. The lowest BCUT2D eigenvalue weighted by Crippen LogP contribution is -2.01. The zero-order chi connectivity index (χ0) is 38.9. The van der Waals surface area contributed by atoms with Crippen LogP contribution in [0, 0.1) is 0 Å². The van der Waals surface area contributed by atoms with Gasteiger partial charge in [-0.15, -0.1) is 11.3 Å². The molecule has 0 spiro atoms. The number of benzene rings is 8. The van der Waals surface area contributed by atoms with Crippen LogP contribution in [0.1, 0.15) is 0 Å². The maximum Gasteiger partial charge on any atom is 0.164 e. The zero-order valence-corrected chi connectivity index (χ0v) is 32.3. The molecule has 0 aliphatic heterocycles. The second-order valence-electron chi connectivity index (χ2n) is 14.6. The van der Waals surface area contributed by atoms with Crippen molar-refractivity contribution in [2.75, 3.05) is 0 Å². The summed E-state index contributed by atoms with van der Waals surface area (Å²) in [5, 5.41) is 5.18. The molecule has 0 bridgehead atoms. The van der Waals surface area contributed by atoms with Crippen molar-refractivity contribution in [3.05, 3.63) is 188 Å². The van der Waals surface area contributed by atoms with E-state index < -0.39 is 0 Å². The molecule has 59 heavy (non-hydrogen) atoms. The third-order valence-corrected chi connectivity index (χ3v) is 12.3. The molecule has 6 nitrogen and oxygen atoms in total. The van der Waals surface area contributed by atoms with Crippen LogP contribution in [-0.2, 0) is 0 Å². The zero-order valence-electron chi connectivity index (χ0n) is 31.5. The molecule has 0 unspecified atom stereocenters. The lowest BCUT2D eigenvalue weighted by molar-refractivity contribution is 0.669. The van der Waals surface area contributed by atoms with Gasteiger partial charge in [-0.2, -0.15) is 0 Å². The highest BCUT2D eigenvalue weighted by molar-refractivity contribution is 7.22. The minimum atomic E-state index is 0.577. The fourth-order valence-corrected chi connectivity index (χ4v) is 9.56. The Balaban J connectivity index is 1.08. The Labute approximate surface area is 342 Å². The summed E-state index contributed by atoms with van der Waals surface area (Å²) in [5.74, 6) is 1.78. The van der Waals surface area contributed by atoms with Gasteiger partial charge in [-0.3, -0.25) is 0 Å². The molecular formula is C52H31N5OS. The molecule has 0 amide bonds. The van der Waals surface area contributed by atoms with Crippen molar-refractivity contribution in [3.8, 4) is 61.5 Å². The maximum absolute atomic E-state index is 6.55. The lowest BCUT2D eigenvalue weighted by Gasteiger charge is -2.11. The summed E-state index contributed by atoms with van der Waals surface area (Å²) in [6.45, 7) is 0. The van der Waals surface area contributed by atoms with Crippen LogP contribution in [0.25, 0.3) is 116 Å². The maximum atomic E-state index is 6.55. The van der Waals surface area contributed by atoms with Crippen molar-refractivity contribution >= 4 is 65.3 Å². The van der Waals surface area contributed by atoms with Gasteiger partial charge in [0.1, 0.15) is 16.2 Å². The van der Waals surface area contributed by atoms with E-state index in [0.717, 1.165) is 98.0 Å². The molecule has 276 valence electrons. The van der Waals surface area contributed by atoms with Crippen LogP contribution in [0.2, 0.25) is 0 Å². The molecule has 4 aromatic heterocycles. The second-order valence-corrected chi connectivity index (χ2v) is 15.6. The summed E-state index contributed by atoms with van der Waals surface area (Å²) in [5.41, 5.74) is 11.9. The number of furan rings is 1. The number of fused-ring (bicyclic) bond motifs is 7. The van der Waals surface area contributed by atoms with Gasteiger partial charge in [0.2, 0.25) is 0 Å². The molecule has 4 heterocycles. The van der Waals surface area contributed by atoms with E-state index in [4.69, 9.17) is 24.4 Å². The minimum Gasteiger partial charge on any atom is -0.456 e. The Morgan fingerprint density at radius 2 is 1.03 bits per heavy atom. The van der Waals surface area contributed by atoms with Crippen molar-refractivity contribution in [1.29, 1.82) is 0 Å². The quantitative estimate of drug-likeness (QED) is 0.168. The lowest BCUT2D eigenvalue weighted by atomic mass is 10.00. The van der Waals surface area contributed by atoms with E-state index >= 15 is 0 Å². The van der Waals surface area contributed by atoms with Crippen LogP contribution in [0.15, 0.2) is 192 Å². The summed E-state index contributed by atoms with van der Waals surface area (Å²) in [6, 6.07) is 64.9. The highest BCUT2D eigenvalue weighted by Gasteiger charge is 2.22. The fourth-order valence-electron chi connectivity index (χ4n) is 8.46. The average Bonchev–Trinajstić information content (AvgIpc) is 4.02. The normalized spacial score (nSPS) is 11.7. The van der Waals surface area contributed by atoms with Gasteiger partial charge in [0, 0.05) is 55.0 Å². The number of thiazole rings is 1. The van der Waals surface area contributed by atoms with Crippen LogP contribution in [0.4, 0.5) is 0 Å². The van der Waals surface area contributed by atoms with Crippen molar-refractivity contribution in [2.45, 2.75) is 0 Å². The van der Waals surface area contributed by atoms with Gasteiger partial charge < -0.3 is 8.98 Å². The van der Waals surface area contributed by atoms with E-state index in [1.54, 1.807) is 11.3 Å². The molecule has 0 aliphatic rings. The summed E-state index contributed by atoms with van der Waals surface area (Å²) >= 11 is 1.72. The number of aromatic nitrogens is 5. The number of hydrogen-bond donors (Lipinski definition) is 0. The Morgan fingerprint density at radius 1 is 0.407 bits per heavy atom. The first-order valence-corrected chi connectivity index (χ1v) is 20.4. The minimum absolute atomic E-state index is 0.577. The van der Waals surface area contributed by atoms with E-state index in [2.05, 4.69) is 138 Å². The number of rotatable bonds is 6. The monoisotopic (exact) mass is 773 g/mol. The molecule has 0 saturated carbocycles. The van der Waals surface area contributed by atoms with Crippen LogP contribution < -0.4 is 0 Å². The smallest absolute Gasteiger partial charge is 0.164 e. The van der Waals surface area contributed by atoms with Gasteiger partial charge in [-0.05, 0) is 54.1 Å². The Kier molecular flexibility index (Phi) is 7.61. The first-order valence-electron chi connectivity index (χ1n) is 19.6. The molecule has 0 aliphatic carbocycles. The summed E-state index contributed by atoms with van der Waals surface area (Å²) in [7, 11) is 0. The van der Waals surface area contributed by atoms with Crippen LogP contribution in [0.3, 0.4) is 0 Å². The number of nitrogens with zero attached hydrogens (tertiary/aromatic N) is 5. The Hall–Kier alpha value is -7.74. The molecule has 0 saturated heterocycles. The van der Waals surface area contributed by atoms with Crippen LogP contribution in [-0.4, -0.2) is 24.5 Å². The summed E-state index contributed by atoms with van der Waals surface area (Å²) in [6.07, 6.45) is 0. The first-order chi connectivity index (χ1) is 29.2. The van der Waals surface area contributed by atoms with E-state index in [1.165, 1.54) is 0 Å². The van der Waals surface area contributed by atoms with Crippen molar-refractivity contribution < 1.29 is 4.42 Å². The molecule has 0 radical (unpaired) electrons. The fraction of sp³-hybridized carbons (Fsp3) is 0. The highest BCUT2D eigenvalue weighted by Crippen LogP contribution is 2.43. The van der Waals surface area contributed by atoms with Gasteiger partial charge in [0.25, 0.3) is 0 Å². The Bertz CT molecular complexity index is 3550. The first kappa shape index (κ1) is 33.4. The predicted octanol–water partition coefficient (Wildman–Crippen LogP) is 13.8. The molecule has 8 aromatic carbocycles. The molecule has 7 heteroatoms. The average molecular weight is 774 g/mol. The van der Waals surface area contributed by atoms with Gasteiger partial charge in [-0.25, -0.2) is 19.9 Å². The van der Waals surface area contributed by atoms with Gasteiger partial charge in [0.05, 0.1) is 21.3 Å². The summed E-state index contributed by atoms with van der Waals surface area (Å²) < 4.78 is 10.0. The standard InChI is InChI=1S/C52H31N5OS/c1-4-15-32(16-5-1)49-54-50(38-23-13-27-43-46(38)37-21-10-11-26-42(37)57(43)35-19-8-3-9-20-35)56-51(55-49)39-24-14-28-45-47(39)40-31-34(29-30-44(40)58-45)36-22-12-25-41-48(36)59-52(53-41)33-17-6-2-7-18-33/h1-31H. The largest absolute Gasteiger partial charge is 0.456 e. The van der Waals surface area contributed by atoms with Crippen LogP contribution >= 0.6 is 11.3 Å². The predicted molar refractivity (Wildman–Crippen MR) is 242 cm³/mol.